The van der Waals surface area contributed by atoms with Crippen LogP contribution in [0, 0.1) is 0 Å². The first-order chi connectivity index (χ1) is 10.7. The Morgan fingerprint density at radius 3 is 2.52 bits per heavy atom. The number of hydrogen-bond acceptors (Lipinski definition) is 2. The summed E-state index contributed by atoms with van der Waals surface area (Å²) in [6, 6.07) is 17.3. The fraction of sp³-hybridized carbons (Fsp3) is 0.111. The zero-order valence-corrected chi connectivity index (χ0v) is 15.7. The van der Waals surface area contributed by atoms with Gasteiger partial charge in [0.05, 0.1) is 11.6 Å². The van der Waals surface area contributed by atoms with Crippen LogP contribution >= 0.6 is 15.9 Å². The molecule has 0 atom stereocenters. The van der Waals surface area contributed by atoms with Crippen LogP contribution in [0.2, 0.25) is 0 Å². The Hall–Kier alpha value is -1.72. The summed E-state index contributed by atoms with van der Waals surface area (Å²) in [6.07, 6.45) is 1.93. The molecule has 5 heteroatoms. The topological polar surface area (TPSA) is 30.2 Å². The molecule has 0 amide bonds. The maximum absolute atomic E-state index is 12.5. The molecule has 118 valence electrons. The Balaban J connectivity index is 0.00000192. The first-order valence-corrected chi connectivity index (χ1v) is 7.71. The summed E-state index contributed by atoms with van der Waals surface area (Å²) < 4.78 is 8.03. The molecule has 2 aromatic carbocycles. The van der Waals surface area contributed by atoms with E-state index in [1.54, 1.807) is 31.4 Å². The number of ketones is 1. The molecule has 23 heavy (non-hydrogen) atoms. The largest absolute Gasteiger partial charge is 1.00 e. The van der Waals surface area contributed by atoms with E-state index in [0.29, 0.717) is 12.1 Å². The molecule has 0 aliphatic carbocycles. The zero-order chi connectivity index (χ0) is 15.5. The second kappa shape index (κ2) is 7.70. The van der Waals surface area contributed by atoms with Crippen molar-refractivity contribution < 1.29 is 31.1 Å². The van der Waals surface area contributed by atoms with E-state index in [1.165, 1.54) is 0 Å². The van der Waals surface area contributed by atoms with Gasteiger partial charge in [0, 0.05) is 17.0 Å². The van der Waals surface area contributed by atoms with Crippen LogP contribution in [0.3, 0.4) is 0 Å². The molecule has 1 aromatic heterocycles. The number of halogens is 2. The smallest absolute Gasteiger partial charge is 0.227 e. The summed E-state index contributed by atoms with van der Waals surface area (Å²) in [5.74, 6) is 0.813. The predicted octanol–water partition coefficient (Wildman–Crippen LogP) is 0.785. The Kier molecular flexibility index (Phi) is 5.91. The monoisotopic (exact) mass is 435 g/mol. The van der Waals surface area contributed by atoms with Crippen molar-refractivity contribution in [2.75, 3.05) is 7.11 Å². The Morgan fingerprint density at radius 2 is 1.83 bits per heavy atom. The van der Waals surface area contributed by atoms with Gasteiger partial charge in [-0.25, -0.2) is 0 Å². The second-order valence-electron chi connectivity index (χ2n) is 5.00. The number of fused-ring (bicyclic) bond motifs is 1. The molecule has 0 unspecified atom stereocenters. The lowest BCUT2D eigenvalue weighted by atomic mass is 10.1. The van der Waals surface area contributed by atoms with E-state index in [-0.39, 0.29) is 22.8 Å². The van der Waals surface area contributed by atoms with Gasteiger partial charge in [0.1, 0.15) is 5.75 Å². The zero-order valence-electron chi connectivity index (χ0n) is 12.5. The highest BCUT2D eigenvalue weighted by Crippen LogP contribution is 2.16. The lowest BCUT2D eigenvalue weighted by molar-refractivity contribution is -0.657. The number of methoxy groups -OCH3 is 1. The van der Waals surface area contributed by atoms with Gasteiger partial charge in [-0.15, -0.1) is 0 Å². The van der Waals surface area contributed by atoms with Crippen molar-refractivity contribution in [1.82, 2.24) is 0 Å². The highest BCUT2D eigenvalue weighted by atomic mass is 79.9. The Labute approximate surface area is 153 Å². The van der Waals surface area contributed by atoms with Gasteiger partial charge in [-0.2, -0.15) is 4.57 Å². The van der Waals surface area contributed by atoms with Crippen molar-refractivity contribution in [2.24, 2.45) is 0 Å². The van der Waals surface area contributed by atoms with Gasteiger partial charge in [0.2, 0.25) is 17.8 Å². The minimum atomic E-state index is 0. The standard InChI is InChI=1S/C18H15BrNO2.BrH/c1-22-16-8-6-13(7-9-16)18(21)12-20-11-15(19)10-14-4-2-3-5-17(14)20;/h2-11H,12H2,1H3;1H/q+1;/p-1. The number of Topliss-reactive ketones (excluding diaryl/α,β-unsaturated/α-hetero) is 1. The molecule has 0 radical (unpaired) electrons. The van der Waals surface area contributed by atoms with Gasteiger partial charge in [-0.3, -0.25) is 4.79 Å². The first kappa shape index (κ1) is 17.6. The highest BCUT2D eigenvalue weighted by molar-refractivity contribution is 9.10. The average molecular weight is 437 g/mol. The summed E-state index contributed by atoms with van der Waals surface area (Å²) in [7, 11) is 1.61. The first-order valence-electron chi connectivity index (χ1n) is 6.92. The van der Waals surface area contributed by atoms with E-state index in [2.05, 4.69) is 15.9 Å². The number of aromatic nitrogens is 1. The molecule has 0 N–H and O–H groups in total. The highest BCUT2D eigenvalue weighted by Gasteiger charge is 2.16. The van der Waals surface area contributed by atoms with Gasteiger partial charge in [0.25, 0.3) is 0 Å². The van der Waals surface area contributed by atoms with E-state index in [4.69, 9.17) is 4.74 Å². The Morgan fingerprint density at radius 1 is 1.13 bits per heavy atom. The van der Waals surface area contributed by atoms with Crippen molar-refractivity contribution >= 4 is 32.6 Å². The summed E-state index contributed by atoms with van der Waals surface area (Å²) in [4.78, 5) is 12.5. The van der Waals surface area contributed by atoms with Crippen molar-refractivity contribution in [3.63, 3.8) is 0 Å². The van der Waals surface area contributed by atoms with Crippen LogP contribution in [0.5, 0.6) is 5.75 Å². The summed E-state index contributed by atoms with van der Waals surface area (Å²) in [6.45, 7) is 0.298. The molecule has 0 bridgehead atoms. The molecule has 0 aliphatic rings. The fourth-order valence-corrected chi connectivity index (χ4v) is 2.92. The van der Waals surface area contributed by atoms with Crippen molar-refractivity contribution in [2.45, 2.75) is 6.54 Å². The third kappa shape index (κ3) is 3.98. The molecule has 3 aromatic rings. The lowest BCUT2D eigenvalue weighted by Crippen LogP contribution is -3.00. The minimum Gasteiger partial charge on any atom is -1.00 e. The molecule has 3 rings (SSSR count). The molecule has 0 aliphatic heterocycles. The van der Waals surface area contributed by atoms with Crippen LogP contribution < -0.4 is 26.3 Å². The quantitative estimate of drug-likeness (QED) is 0.447. The average Bonchev–Trinajstić information content (AvgIpc) is 2.54. The molecule has 1 heterocycles. The number of rotatable bonds is 4. The number of carbonyl (C=O) groups excluding carboxylic acids is 1. The lowest BCUT2D eigenvalue weighted by Gasteiger charge is -2.04. The van der Waals surface area contributed by atoms with Crippen LogP contribution in [0.15, 0.2) is 65.3 Å². The number of hydrogen-bond donors (Lipinski definition) is 0. The third-order valence-corrected chi connectivity index (χ3v) is 3.98. The van der Waals surface area contributed by atoms with Gasteiger partial charge >= 0.3 is 0 Å². The fourth-order valence-electron chi connectivity index (χ4n) is 2.43. The maximum atomic E-state index is 12.5. The van der Waals surface area contributed by atoms with Gasteiger partial charge in [0.15, 0.2) is 6.20 Å². The molecule has 0 saturated carbocycles. The molecular formula is C18H15Br2NO2. The summed E-state index contributed by atoms with van der Waals surface area (Å²) in [5.41, 5.74) is 1.71. The number of carbonyl (C=O) groups is 1. The van der Waals surface area contributed by atoms with E-state index >= 15 is 0 Å². The number of nitrogens with zero attached hydrogens (tertiary/aromatic N) is 1. The number of para-hydroxylation sites is 1. The van der Waals surface area contributed by atoms with Crippen molar-refractivity contribution in [3.05, 3.63) is 70.8 Å². The molecule has 0 saturated heterocycles. The summed E-state index contributed by atoms with van der Waals surface area (Å²) in [5, 5.41) is 1.10. The van der Waals surface area contributed by atoms with Crippen molar-refractivity contribution in [1.29, 1.82) is 0 Å². The third-order valence-electron chi connectivity index (χ3n) is 3.54. The van der Waals surface area contributed by atoms with E-state index in [9.17, 15) is 4.79 Å². The Bertz CT molecular complexity index is 832. The predicted molar refractivity (Wildman–Crippen MR) is 89.2 cm³/mol. The van der Waals surface area contributed by atoms with Crippen molar-refractivity contribution in [3.8, 4) is 5.75 Å². The van der Waals surface area contributed by atoms with Crippen LogP contribution in [-0.2, 0) is 6.54 Å². The SMILES string of the molecule is COc1ccc(C(=O)C[n+]2cc(Br)cc3ccccc32)cc1.[Br-]. The molecule has 0 fully saturated rings. The van der Waals surface area contributed by atoms with E-state index in [0.717, 1.165) is 21.1 Å². The van der Waals surface area contributed by atoms with Gasteiger partial charge in [-0.05, 0) is 52.3 Å². The number of pyridine rings is 1. The van der Waals surface area contributed by atoms with Crippen LogP contribution in [-0.4, -0.2) is 12.9 Å². The summed E-state index contributed by atoms with van der Waals surface area (Å²) >= 11 is 3.50. The minimum absolute atomic E-state index is 0. The van der Waals surface area contributed by atoms with Gasteiger partial charge in [-0.1, -0.05) is 12.1 Å². The normalized spacial score (nSPS) is 10.2. The van der Waals surface area contributed by atoms with Crippen LogP contribution in [0.1, 0.15) is 10.4 Å². The molecule has 0 spiro atoms. The van der Waals surface area contributed by atoms with Crippen LogP contribution in [0.25, 0.3) is 10.9 Å². The maximum Gasteiger partial charge on any atom is 0.227 e. The second-order valence-corrected chi connectivity index (χ2v) is 5.91. The van der Waals surface area contributed by atoms with Crippen LogP contribution in [0.4, 0.5) is 0 Å². The molecular weight excluding hydrogens is 422 g/mol. The van der Waals surface area contributed by atoms with E-state index < -0.39 is 0 Å². The number of ether oxygens (including phenoxy) is 1. The van der Waals surface area contributed by atoms with Gasteiger partial charge < -0.3 is 21.7 Å². The van der Waals surface area contributed by atoms with E-state index in [1.807, 2.05) is 41.1 Å². The molecule has 3 nitrogen and oxygen atoms in total. The number of benzene rings is 2.